The summed E-state index contributed by atoms with van der Waals surface area (Å²) in [5.41, 5.74) is 0.488. The van der Waals surface area contributed by atoms with Crippen molar-refractivity contribution in [1.82, 2.24) is 9.03 Å². The summed E-state index contributed by atoms with van der Waals surface area (Å²) < 4.78 is 66.5. The Morgan fingerprint density at radius 3 is 2.15 bits per heavy atom. The fraction of sp³-hybridized carbons (Fsp3) is 0.294. The van der Waals surface area contributed by atoms with Gasteiger partial charge in [-0.2, -0.15) is 4.31 Å². The van der Waals surface area contributed by atoms with Crippen molar-refractivity contribution in [3.8, 4) is 0 Å². The van der Waals surface area contributed by atoms with Crippen LogP contribution in [0, 0.1) is 5.82 Å². The van der Waals surface area contributed by atoms with E-state index in [4.69, 9.17) is 0 Å². The van der Waals surface area contributed by atoms with Gasteiger partial charge in [-0.3, -0.25) is 0 Å². The summed E-state index contributed by atoms with van der Waals surface area (Å²) in [6, 6.07) is 10.7. The number of nitrogens with one attached hydrogen (secondary N) is 1. The molecule has 9 heteroatoms. The van der Waals surface area contributed by atoms with Crippen LogP contribution in [0.5, 0.6) is 0 Å². The lowest BCUT2D eigenvalue weighted by molar-refractivity contribution is 0.477. The molecule has 1 fully saturated rings. The van der Waals surface area contributed by atoms with Crippen molar-refractivity contribution in [1.29, 1.82) is 0 Å². The SMILES string of the molecule is O=S(=O)(NCc1cccc(F)c1)c1ccc(S(=O)(=O)N2CCCC2)cc1. The van der Waals surface area contributed by atoms with Crippen molar-refractivity contribution in [2.45, 2.75) is 29.2 Å². The van der Waals surface area contributed by atoms with E-state index in [-0.39, 0.29) is 16.3 Å². The quantitative estimate of drug-likeness (QED) is 0.808. The summed E-state index contributed by atoms with van der Waals surface area (Å²) >= 11 is 0. The lowest BCUT2D eigenvalue weighted by atomic mass is 10.2. The lowest BCUT2D eigenvalue weighted by Gasteiger charge is -2.15. The lowest BCUT2D eigenvalue weighted by Crippen LogP contribution is -2.28. The molecule has 0 unspecified atom stereocenters. The molecule has 6 nitrogen and oxygen atoms in total. The van der Waals surface area contributed by atoms with Gasteiger partial charge >= 0.3 is 0 Å². The third-order valence-electron chi connectivity index (χ3n) is 4.19. The molecule has 3 rings (SSSR count). The maximum atomic E-state index is 13.2. The van der Waals surface area contributed by atoms with E-state index >= 15 is 0 Å². The number of rotatable bonds is 6. The predicted molar refractivity (Wildman–Crippen MR) is 94.9 cm³/mol. The molecule has 0 saturated carbocycles. The zero-order valence-electron chi connectivity index (χ0n) is 13.9. The van der Waals surface area contributed by atoms with Crippen LogP contribution in [0.25, 0.3) is 0 Å². The molecule has 0 bridgehead atoms. The summed E-state index contributed by atoms with van der Waals surface area (Å²) in [6.07, 6.45) is 1.66. The van der Waals surface area contributed by atoms with Crippen molar-refractivity contribution in [3.63, 3.8) is 0 Å². The van der Waals surface area contributed by atoms with Crippen molar-refractivity contribution in [3.05, 3.63) is 59.9 Å². The van der Waals surface area contributed by atoms with Crippen LogP contribution in [0.1, 0.15) is 18.4 Å². The molecule has 1 heterocycles. The molecular weight excluding hydrogens is 379 g/mol. The van der Waals surface area contributed by atoms with Crippen LogP contribution in [-0.2, 0) is 26.6 Å². The van der Waals surface area contributed by atoms with Gasteiger partial charge < -0.3 is 0 Å². The van der Waals surface area contributed by atoms with E-state index in [1.54, 1.807) is 6.07 Å². The molecule has 26 heavy (non-hydrogen) atoms. The van der Waals surface area contributed by atoms with Crippen LogP contribution < -0.4 is 4.72 Å². The number of benzene rings is 2. The molecule has 0 aromatic heterocycles. The van der Waals surface area contributed by atoms with Gasteiger partial charge in [0.1, 0.15) is 5.82 Å². The summed E-state index contributed by atoms with van der Waals surface area (Å²) in [4.78, 5) is 0.0257. The van der Waals surface area contributed by atoms with E-state index in [0.29, 0.717) is 18.7 Å². The van der Waals surface area contributed by atoms with Crippen molar-refractivity contribution >= 4 is 20.0 Å². The fourth-order valence-corrected chi connectivity index (χ4v) is 5.31. The zero-order valence-corrected chi connectivity index (χ0v) is 15.6. The van der Waals surface area contributed by atoms with Crippen LogP contribution in [0.3, 0.4) is 0 Å². The van der Waals surface area contributed by atoms with E-state index < -0.39 is 25.9 Å². The molecule has 2 aromatic rings. The highest BCUT2D eigenvalue weighted by Crippen LogP contribution is 2.22. The Labute approximate surface area is 152 Å². The minimum Gasteiger partial charge on any atom is -0.207 e. The van der Waals surface area contributed by atoms with Crippen LogP contribution in [0.4, 0.5) is 4.39 Å². The second kappa shape index (κ2) is 7.43. The highest BCUT2D eigenvalue weighted by atomic mass is 32.2. The molecule has 1 N–H and O–H groups in total. The first-order valence-corrected chi connectivity index (χ1v) is 11.1. The van der Waals surface area contributed by atoms with Crippen LogP contribution in [0.15, 0.2) is 58.3 Å². The molecule has 2 aromatic carbocycles. The minimum atomic E-state index is -3.83. The Bertz CT molecular complexity index is 984. The highest BCUT2D eigenvalue weighted by molar-refractivity contribution is 7.89. The highest BCUT2D eigenvalue weighted by Gasteiger charge is 2.27. The van der Waals surface area contributed by atoms with Crippen molar-refractivity contribution in [2.24, 2.45) is 0 Å². The summed E-state index contributed by atoms with van der Waals surface area (Å²) in [7, 11) is -7.42. The van der Waals surface area contributed by atoms with E-state index in [0.717, 1.165) is 12.8 Å². The molecule has 0 spiro atoms. The van der Waals surface area contributed by atoms with E-state index in [1.807, 2.05) is 0 Å². The molecule has 140 valence electrons. The predicted octanol–water partition coefficient (Wildman–Crippen LogP) is 2.09. The van der Waals surface area contributed by atoms with Gasteiger partial charge in [0.25, 0.3) is 0 Å². The third kappa shape index (κ3) is 4.12. The minimum absolute atomic E-state index is 0.0470. The maximum absolute atomic E-state index is 13.2. The molecular formula is C17H19FN2O4S2. The molecule has 1 aliphatic rings. The molecule has 0 aliphatic carbocycles. The van der Waals surface area contributed by atoms with Crippen LogP contribution in [0.2, 0.25) is 0 Å². The zero-order chi connectivity index (χ0) is 18.8. The van der Waals surface area contributed by atoms with Gasteiger partial charge in [0.2, 0.25) is 20.0 Å². The van der Waals surface area contributed by atoms with Crippen LogP contribution in [-0.4, -0.2) is 34.2 Å². The van der Waals surface area contributed by atoms with Crippen LogP contribution >= 0.6 is 0 Å². The Morgan fingerprint density at radius 1 is 0.923 bits per heavy atom. The molecule has 0 amide bonds. The molecule has 0 atom stereocenters. The number of halogens is 1. The fourth-order valence-electron chi connectivity index (χ4n) is 2.78. The number of hydrogen-bond acceptors (Lipinski definition) is 4. The second-order valence-corrected chi connectivity index (χ2v) is 9.74. The summed E-state index contributed by atoms with van der Waals surface area (Å²) in [5.74, 6) is -0.446. The molecule has 1 aliphatic heterocycles. The Morgan fingerprint density at radius 2 is 1.54 bits per heavy atom. The van der Waals surface area contributed by atoms with Gasteiger partial charge in [-0.05, 0) is 54.8 Å². The Kier molecular flexibility index (Phi) is 5.42. The summed E-state index contributed by atoms with van der Waals surface area (Å²) in [5, 5.41) is 0. The smallest absolute Gasteiger partial charge is 0.207 e. The van der Waals surface area contributed by atoms with Gasteiger partial charge in [-0.15, -0.1) is 0 Å². The first-order valence-electron chi connectivity index (χ1n) is 8.13. The number of sulfonamides is 2. The van der Waals surface area contributed by atoms with Gasteiger partial charge in [0, 0.05) is 19.6 Å². The Balaban J connectivity index is 1.74. The van der Waals surface area contributed by atoms with Gasteiger partial charge in [0.15, 0.2) is 0 Å². The first kappa shape index (κ1) is 19.0. The first-order chi connectivity index (χ1) is 12.3. The monoisotopic (exact) mass is 398 g/mol. The number of hydrogen-bond donors (Lipinski definition) is 1. The second-order valence-electron chi connectivity index (χ2n) is 6.04. The average molecular weight is 398 g/mol. The summed E-state index contributed by atoms with van der Waals surface area (Å²) in [6.45, 7) is 0.906. The maximum Gasteiger partial charge on any atom is 0.243 e. The van der Waals surface area contributed by atoms with E-state index in [9.17, 15) is 21.2 Å². The van der Waals surface area contributed by atoms with E-state index in [2.05, 4.69) is 4.72 Å². The topological polar surface area (TPSA) is 83.5 Å². The van der Waals surface area contributed by atoms with Gasteiger partial charge in [-0.25, -0.2) is 25.9 Å². The largest absolute Gasteiger partial charge is 0.243 e. The third-order valence-corrected chi connectivity index (χ3v) is 7.52. The Hall–Kier alpha value is -1.81. The average Bonchev–Trinajstić information content (AvgIpc) is 3.16. The molecule has 1 saturated heterocycles. The van der Waals surface area contributed by atoms with Gasteiger partial charge in [-0.1, -0.05) is 12.1 Å². The van der Waals surface area contributed by atoms with Crippen molar-refractivity contribution < 1.29 is 21.2 Å². The normalized spacial score (nSPS) is 16.0. The number of nitrogens with zero attached hydrogens (tertiary/aromatic N) is 1. The van der Waals surface area contributed by atoms with Crippen molar-refractivity contribution in [2.75, 3.05) is 13.1 Å². The van der Waals surface area contributed by atoms with Gasteiger partial charge in [0.05, 0.1) is 9.79 Å². The standard InChI is InChI=1S/C17H19FN2O4S2/c18-15-5-3-4-14(12-15)13-19-25(21,22)16-6-8-17(9-7-16)26(23,24)20-10-1-2-11-20/h3-9,12,19H,1-2,10-11,13H2. The van der Waals surface area contributed by atoms with E-state index in [1.165, 1.54) is 46.8 Å². The molecule has 0 radical (unpaired) electrons.